The van der Waals surface area contributed by atoms with E-state index in [0.717, 1.165) is 16.5 Å². The summed E-state index contributed by atoms with van der Waals surface area (Å²) < 4.78 is 4.69. The van der Waals surface area contributed by atoms with Crippen molar-refractivity contribution in [3.8, 4) is 11.3 Å². The highest BCUT2D eigenvalue weighted by Crippen LogP contribution is 2.26. The Morgan fingerprint density at radius 3 is 2.78 bits per heavy atom. The summed E-state index contributed by atoms with van der Waals surface area (Å²) in [4.78, 5) is 46.7. The number of H-pyrrole nitrogens is 2. The largest absolute Gasteiger partial charge is 0.464 e. The fourth-order valence-electron chi connectivity index (χ4n) is 3.40. The Balaban J connectivity index is 1.49. The lowest BCUT2D eigenvalue weighted by Gasteiger charge is -2.16. The van der Waals surface area contributed by atoms with Crippen molar-refractivity contribution in [2.24, 2.45) is 0 Å². The molecule has 3 heterocycles. The standard InChI is InChI=1S/C22H21N5O4S/c1-12(28)25-17(7-13-9-23-16-6-4-3-5-15(13)16)20(29)27-22-26-19(11-32-22)14-8-18(24-10-14)21(30)31-2/h3-6,8-11,17,23-24H,7H2,1-2H3,(H,25,28)(H,26,27,29). The summed E-state index contributed by atoms with van der Waals surface area (Å²) in [5.74, 6) is -1.14. The maximum absolute atomic E-state index is 13.0. The quantitative estimate of drug-likeness (QED) is 0.321. The van der Waals surface area contributed by atoms with Crippen LogP contribution in [-0.4, -0.2) is 45.9 Å². The first-order chi connectivity index (χ1) is 15.4. The van der Waals surface area contributed by atoms with Gasteiger partial charge < -0.3 is 25.3 Å². The number of para-hydroxylation sites is 1. The lowest BCUT2D eigenvalue weighted by molar-refractivity contribution is -0.125. The zero-order valence-corrected chi connectivity index (χ0v) is 18.2. The molecule has 0 aliphatic carbocycles. The number of rotatable bonds is 7. The molecule has 0 aliphatic heterocycles. The minimum Gasteiger partial charge on any atom is -0.464 e. The van der Waals surface area contributed by atoms with Gasteiger partial charge in [-0.1, -0.05) is 18.2 Å². The molecule has 10 heteroatoms. The zero-order chi connectivity index (χ0) is 22.7. The van der Waals surface area contributed by atoms with Gasteiger partial charge in [-0.3, -0.25) is 9.59 Å². The van der Waals surface area contributed by atoms with Gasteiger partial charge in [0, 0.05) is 47.6 Å². The molecule has 0 bridgehead atoms. The van der Waals surface area contributed by atoms with E-state index in [-0.39, 0.29) is 11.8 Å². The van der Waals surface area contributed by atoms with Gasteiger partial charge in [-0.05, 0) is 17.7 Å². The average molecular weight is 452 g/mol. The number of carbonyl (C=O) groups is 3. The number of aromatic amines is 2. The molecule has 0 radical (unpaired) electrons. The highest BCUT2D eigenvalue weighted by molar-refractivity contribution is 7.14. The summed E-state index contributed by atoms with van der Waals surface area (Å²) in [6.45, 7) is 1.38. The number of methoxy groups -OCH3 is 1. The van der Waals surface area contributed by atoms with Crippen molar-refractivity contribution < 1.29 is 19.1 Å². The van der Waals surface area contributed by atoms with Gasteiger partial charge in [-0.25, -0.2) is 9.78 Å². The second kappa shape index (κ2) is 9.06. The zero-order valence-electron chi connectivity index (χ0n) is 17.4. The predicted octanol–water partition coefficient (Wildman–Crippen LogP) is 3.09. The van der Waals surface area contributed by atoms with Gasteiger partial charge in [0.2, 0.25) is 11.8 Å². The molecule has 9 nitrogen and oxygen atoms in total. The molecule has 4 aromatic rings. The molecule has 1 atom stereocenters. The van der Waals surface area contributed by atoms with Crippen LogP contribution in [0.1, 0.15) is 23.0 Å². The van der Waals surface area contributed by atoms with E-state index in [2.05, 4.69) is 30.3 Å². The van der Waals surface area contributed by atoms with Crippen molar-refractivity contribution in [2.45, 2.75) is 19.4 Å². The van der Waals surface area contributed by atoms with Crippen LogP contribution < -0.4 is 10.6 Å². The number of hydrogen-bond donors (Lipinski definition) is 4. The van der Waals surface area contributed by atoms with Crippen molar-refractivity contribution in [1.82, 2.24) is 20.3 Å². The molecule has 0 saturated carbocycles. The Kier molecular flexibility index (Phi) is 6.04. The Hall–Kier alpha value is -3.92. The fourth-order valence-corrected chi connectivity index (χ4v) is 4.12. The summed E-state index contributed by atoms with van der Waals surface area (Å²) in [5, 5.41) is 8.66. The third-order valence-electron chi connectivity index (χ3n) is 4.91. The number of hydrogen-bond acceptors (Lipinski definition) is 6. The Morgan fingerprint density at radius 1 is 1.19 bits per heavy atom. The molecule has 1 unspecified atom stereocenters. The molecular weight excluding hydrogens is 430 g/mol. The van der Waals surface area contributed by atoms with Crippen LogP contribution in [0.5, 0.6) is 0 Å². The Morgan fingerprint density at radius 2 is 2.00 bits per heavy atom. The van der Waals surface area contributed by atoms with Gasteiger partial charge >= 0.3 is 5.97 Å². The lowest BCUT2D eigenvalue weighted by atomic mass is 10.0. The van der Waals surface area contributed by atoms with Crippen LogP contribution in [0.2, 0.25) is 0 Å². The molecule has 3 aromatic heterocycles. The number of nitrogens with zero attached hydrogens (tertiary/aromatic N) is 1. The van der Waals surface area contributed by atoms with Crippen LogP contribution in [0, 0.1) is 0 Å². The number of ether oxygens (including phenoxy) is 1. The van der Waals surface area contributed by atoms with E-state index in [1.54, 1.807) is 17.6 Å². The number of nitrogens with one attached hydrogen (secondary N) is 4. The van der Waals surface area contributed by atoms with E-state index in [0.29, 0.717) is 28.5 Å². The van der Waals surface area contributed by atoms with E-state index >= 15 is 0 Å². The molecule has 32 heavy (non-hydrogen) atoms. The molecule has 1 aromatic carbocycles. The van der Waals surface area contributed by atoms with Crippen molar-refractivity contribution >= 4 is 45.2 Å². The normalized spacial score (nSPS) is 11.8. The molecule has 0 aliphatic rings. The number of fused-ring (bicyclic) bond motifs is 1. The maximum Gasteiger partial charge on any atom is 0.354 e. The van der Waals surface area contributed by atoms with E-state index in [1.165, 1.54) is 25.4 Å². The van der Waals surface area contributed by atoms with E-state index in [4.69, 9.17) is 0 Å². The SMILES string of the molecule is COC(=O)c1cc(-c2csc(NC(=O)C(Cc3c[nH]c4ccccc34)NC(C)=O)n2)c[nH]1. The Labute approximate surface area is 187 Å². The van der Waals surface area contributed by atoms with Gasteiger partial charge in [0.1, 0.15) is 11.7 Å². The first-order valence-corrected chi connectivity index (χ1v) is 10.7. The first kappa shape index (κ1) is 21.3. The minimum atomic E-state index is -0.766. The highest BCUT2D eigenvalue weighted by Gasteiger charge is 2.23. The smallest absolute Gasteiger partial charge is 0.354 e. The van der Waals surface area contributed by atoms with Crippen LogP contribution in [0.4, 0.5) is 5.13 Å². The van der Waals surface area contributed by atoms with Crippen molar-refractivity contribution in [3.63, 3.8) is 0 Å². The van der Waals surface area contributed by atoms with Crippen molar-refractivity contribution in [3.05, 3.63) is 59.4 Å². The van der Waals surface area contributed by atoms with E-state index < -0.39 is 12.0 Å². The predicted molar refractivity (Wildman–Crippen MR) is 121 cm³/mol. The molecule has 2 amide bonds. The van der Waals surface area contributed by atoms with Gasteiger partial charge in [0.15, 0.2) is 5.13 Å². The molecule has 4 rings (SSSR count). The summed E-state index contributed by atoms with van der Waals surface area (Å²) in [6.07, 6.45) is 3.82. The topological polar surface area (TPSA) is 129 Å². The molecular formula is C22H21N5O4S. The third-order valence-corrected chi connectivity index (χ3v) is 5.67. The molecule has 0 saturated heterocycles. The third kappa shape index (κ3) is 4.54. The van der Waals surface area contributed by atoms with Gasteiger partial charge in [-0.15, -0.1) is 11.3 Å². The monoisotopic (exact) mass is 451 g/mol. The summed E-state index contributed by atoms with van der Waals surface area (Å²) >= 11 is 1.25. The minimum absolute atomic E-state index is 0.299. The fraction of sp³-hybridized carbons (Fsp3) is 0.182. The number of carbonyl (C=O) groups excluding carboxylic acids is 3. The van der Waals surface area contributed by atoms with Crippen LogP contribution >= 0.6 is 11.3 Å². The number of aromatic nitrogens is 3. The van der Waals surface area contributed by atoms with E-state index in [9.17, 15) is 14.4 Å². The maximum atomic E-state index is 13.0. The highest BCUT2D eigenvalue weighted by atomic mass is 32.1. The van der Waals surface area contributed by atoms with Crippen LogP contribution in [-0.2, 0) is 20.7 Å². The van der Waals surface area contributed by atoms with Gasteiger partial charge in [0.25, 0.3) is 0 Å². The van der Waals surface area contributed by atoms with Gasteiger partial charge in [0.05, 0.1) is 12.8 Å². The number of esters is 1. The van der Waals surface area contributed by atoms with Crippen LogP contribution in [0.25, 0.3) is 22.2 Å². The summed E-state index contributed by atoms with van der Waals surface area (Å²) in [6, 6.07) is 8.64. The Bertz CT molecular complexity index is 1290. The van der Waals surface area contributed by atoms with Crippen LogP contribution in [0.15, 0.2) is 48.1 Å². The summed E-state index contributed by atoms with van der Waals surface area (Å²) in [7, 11) is 1.31. The molecule has 164 valence electrons. The number of benzene rings is 1. The summed E-state index contributed by atoms with van der Waals surface area (Å²) in [5.41, 5.74) is 3.50. The molecule has 0 fully saturated rings. The average Bonchev–Trinajstić information content (AvgIpc) is 3.52. The lowest BCUT2D eigenvalue weighted by Crippen LogP contribution is -2.44. The molecule has 0 spiro atoms. The molecule has 4 N–H and O–H groups in total. The first-order valence-electron chi connectivity index (χ1n) is 9.80. The van der Waals surface area contributed by atoms with Gasteiger partial charge in [-0.2, -0.15) is 0 Å². The van der Waals surface area contributed by atoms with Crippen molar-refractivity contribution in [1.29, 1.82) is 0 Å². The second-order valence-corrected chi connectivity index (χ2v) is 8.00. The van der Waals surface area contributed by atoms with Crippen LogP contribution in [0.3, 0.4) is 0 Å². The number of amides is 2. The number of anilines is 1. The number of thiazole rings is 1. The van der Waals surface area contributed by atoms with E-state index in [1.807, 2.05) is 30.5 Å². The second-order valence-electron chi connectivity index (χ2n) is 7.14. The van der Waals surface area contributed by atoms with Crippen molar-refractivity contribution in [2.75, 3.05) is 12.4 Å².